The number of rotatable bonds is 4. The maximum Gasteiger partial charge on any atom is 0.0200 e. The van der Waals surface area contributed by atoms with E-state index in [1.54, 1.807) is 4.88 Å². The highest BCUT2D eigenvalue weighted by molar-refractivity contribution is 7.10. The van der Waals surface area contributed by atoms with Gasteiger partial charge < -0.3 is 5.32 Å². The normalized spacial score (nSPS) is 35.9. The van der Waals surface area contributed by atoms with Gasteiger partial charge in [0.2, 0.25) is 0 Å². The van der Waals surface area contributed by atoms with Gasteiger partial charge in [0.25, 0.3) is 0 Å². The fourth-order valence-electron chi connectivity index (χ4n) is 2.34. The van der Waals surface area contributed by atoms with E-state index in [1.807, 2.05) is 11.3 Å². The van der Waals surface area contributed by atoms with Crippen LogP contribution in [-0.4, -0.2) is 12.6 Å². The molecule has 14 heavy (non-hydrogen) atoms. The van der Waals surface area contributed by atoms with Crippen LogP contribution in [0.15, 0.2) is 17.5 Å². The van der Waals surface area contributed by atoms with Crippen LogP contribution < -0.4 is 5.32 Å². The third-order valence-electron chi connectivity index (χ3n) is 3.75. The summed E-state index contributed by atoms with van der Waals surface area (Å²) in [6.45, 7) is 3.59. The van der Waals surface area contributed by atoms with Gasteiger partial charge in [-0.1, -0.05) is 13.0 Å². The predicted octanol–water partition coefficient (Wildman–Crippen LogP) is 2.78. The largest absolute Gasteiger partial charge is 0.313 e. The Morgan fingerprint density at radius 3 is 2.86 bits per heavy atom. The van der Waals surface area contributed by atoms with Gasteiger partial charge in [0.05, 0.1) is 0 Å². The highest BCUT2D eigenvalue weighted by Crippen LogP contribution is 2.55. The molecule has 0 bridgehead atoms. The molecule has 1 nitrogen and oxygen atoms in total. The van der Waals surface area contributed by atoms with Gasteiger partial charge in [-0.3, -0.25) is 0 Å². The molecule has 0 saturated heterocycles. The van der Waals surface area contributed by atoms with Crippen molar-refractivity contribution in [2.75, 3.05) is 6.54 Å². The summed E-state index contributed by atoms with van der Waals surface area (Å²) >= 11 is 1.93. The first-order chi connectivity index (χ1) is 6.81. The van der Waals surface area contributed by atoms with Crippen molar-refractivity contribution in [1.82, 2.24) is 5.32 Å². The SMILES string of the molecule is CC1CC1(CNC1CC1)c1cccs1. The standard InChI is InChI=1S/C12H17NS/c1-9-7-12(9,8-13-10-4-5-10)11-3-2-6-14-11/h2-3,6,9-10,13H,4-5,7-8H2,1H3. The molecule has 2 aliphatic carbocycles. The average molecular weight is 207 g/mol. The van der Waals surface area contributed by atoms with Crippen LogP contribution in [0.1, 0.15) is 31.1 Å². The minimum atomic E-state index is 0.511. The molecule has 2 unspecified atom stereocenters. The quantitative estimate of drug-likeness (QED) is 0.800. The van der Waals surface area contributed by atoms with E-state index in [0.717, 1.165) is 12.0 Å². The molecule has 0 spiro atoms. The van der Waals surface area contributed by atoms with Gasteiger partial charge in [-0.05, 0) is 36.6 Å². The fraction of sp³-hybridized carbons (Fsp3) is 0.667. The van der Waals surface area contributed by atoms with E-state index in [1.165, 1.54) is 25.8 Å². The van der Waals surface area contributed by atoms with Crippen molar-refractivity contribution in [1.29, 1.82) is 0 Å². The van der Waals surface area contributed by atoms with Crippen molar-refractivity contribution < 1.29 is 0 Å². The third-order valence-corrected chi connectivity index (χ3v) is 4.84. The van der Waals surface area contributed by atoms with Gasteiger partial charge in [0.15, 0.2) is 0 Å². The Hall–Kier alpha value is -0.340. The Morgan fingerprint density at radius 2 is 2.36 bits per heavy atom. The number of hydrogen-bond acceptors (Lipinski definition) is 2. The second kappa shape index (κ2) is 3.07. The molecule has 1 aromatic rings. The summed E-state index contributed by atoms with van der Waals surface area (Å²) < 4.78 is 0. The Morgan fingerprint density at radius 1 is 1.57 bits per heavy atom. The summed E-state index contributed by atoms with van der Waals surface area (Å²) in [5.74, 6) is 0.882. The Labute approximate surface area is 89.5 Å². The second-order valence-electron chi connectivity index (χ2n) is 4.89. The van der Waals surface area contributed by atoms with Crippen molar-refractivity contribution in [3.05, 3.63) is 22.4 Å². The summed E-state index contributed by atoms with van der Waals surface area (Å²) in [6, 6.07) is 5.34. The minimum absolute atomic E-state index is 0.511. The van der Waals surface area contributed by atoms with Crippen LogP contribution in [0.25, 0.3) is 0 Å². The van der Waals surface area contributed by atoms with Crippen molar-refractivity contribution in [2.45, 2.75) is 37.6 Å². The van der Waals surface area contributed by atoms with Crippen LogP contribution in [0.4, 0.5) is 0 Å². The van der Waals surface area contributed by atoms with E-state index in [2.05, 4.69) is 29.8 Å². The highest BCUT2D eigenvalue weighted by atomic mass is 32.1. The molecule has 1 heterocycles. The van der Waals surface area contributed by atoms with Crippen LogP contribution in [0.5, 0.6) is 0 Å². The maximum absolute atomic E-state index is 3.68. The van der Waals surface area contributed by atoms with Gasteiger partial charge in [-0.15, -0.1) is 11.3 Å². The van der Waals surface area contributed by atoms with Gasteiger partial charge >= 0.3 is 0 Å². The predicted molar refractivity (Wildman–Crippen MR) is 60.8 cm³/mol. The molecule has 0 aliphatic heterocycles. The lowest BCUT2D eigenvalue weighted by atomic mass is 10.0. The van der Waals surface area contributed by atoms with E-state index in [-0.39, 0.29) is 0 Å². The molecule has 2 saturated carbocycles. The van der Waals surface area contributed by atoms with Crippen molar-refractivity contribution in [3.63, 3.8) is 0 Å². The topological polar surface area (TPSA) is 12.0 Å². The lowest BCUT2D eigenvalue weighted by Gasteiger charge is -2.15. The van der Waals surface area contributed by atoms with Crippen LogP contribution in [0.3, 0.4) is 0 Å². The van der Waals surface area contributed by atoms with Gasteiger partial charge in [-0.25, -0.2) is 0 Å². The lowest BCUT2D eigenvalue weighted by molar-refractivity contribution is 0.548. The van der Waals surface area contributed by atoms with Gasteiger partial charge in [0, 0.05) is 22.9 Å². The molecule has 2 heteroatoms. The molecule has 0 amide bonds. The molecule has 3 rings (SSSR count). The number of nitrogens with one attached hydrogen (secondary N) is 1. The highest BCUT2D eigenvalue weighted by Gasteiger charge is 2.53. The molecule has 1 N–H and O–H groups in total. The number of hydrogen-bond donors (Lipinski definition) is 1. The first kappa shape index (κ1) is 8.93. The van der Waals surface area contributed by atoms with Gasteiger partial charge in [0.1, 0.15) is 0 Å². The Kier molecular flexibility index (Phi) is 1.96. The Balaban J connectivity index is 1.71. The van der Waals surface area contributed by atoms with Crippen LogP contribution in [0.2, 0.25) is 0 Å². The van der Waals surface area contributed by atoms with Crippen molar-refractivity contribution >= 4 is 11.3 Å². The monoisotopic (exact) mass is 207 g/mol. The molecule has 76 valence electrons. The van der Waals surface area contributed by atoms with E-state index in [0.29, 0.717) is 5.41 Å². The molecule has 1 aromatic heterocycles. The first-order valence-corrected chi connectivity index (χ1v) is 6.46. The maximum atomic E-state index is 3.68. The van der Waals surface area contributed by atoms with E-state index >= 15 is 0 Å². The van der Waals surface area contributed by atoms with Gasteiger partial charge in [-0.2, -0.15) is 0 Å². The first-order valence-electron chi connectivity index (χ1n) is 5.59. The fourth-order valence-corrected chi connectivity index (χ4v) is 3.39. The zero-order chi connectivity index (χ0) is 9.60. The zero-order valence-corrected chi connectivity index (χ0v) is 9.44. The molecular formula is C12H17NS. The zero-order valence-electron chi connectivity index (χ0n) is 8.62. The number of thiophene rings is 1. The molecule has 0 radical (unpaired) electrons. The summed E-state index contributed by atoms with van der Waals surface area (Å²) in [4.78, 5) is 1.60. The molecule has 2 aliphatic rings. The summed E-state index contributed by atoms with van der Waals surface area (Å²) in [6.07, 6.45) is 4.18. The van der Waals surface area contributed by atoms with E-state index in [9.17, 15) is 0 Å². The average Bonchev–Trinajstić information content (AvgIpc) is 3.04. The van der Waals surface area contributed by atoms with Crippen molar-refractivity contribution in [3.8, 4) is 0 Å². The second-order valence-corrected chi connectivity index (χ2v) is 5.84. The molecule has 0 aromatic carbocycles. The summed E-state index contributed by atoms with van der Waals surface area (Å²) in [5, 5.41) is 5.89. The van der Waals surface area contributed by atoms with E-state index in [4.69, 9.17) is 0 Å². The minimum Gasteiger partial charge on any atom is -0.313 e. The smallest absolute Gasteiger partial charge is 0.0200 e. The van der Waals surface area contributed by atoms with Crippen LogP contribution >= 0.6 is 11.3 Å². The van der Waals surface area contributed by atoms with E-state index < -0.39 is 0 Å². The van der Waals surface area contributed by atoms with Crippen LogP contribution in [-0.2, 0) is 5.41 Å². The summed E-state index contributed by atoms with van der Waals surface area (Å²) in [7, 11) is 0. The van der Waals surface area contributed by atoms with Crippen LogP contribution in [0, 0.1) is 5.92 Å². The van der Waals surface area contributed by atoms with Crippen molar-refractivity contribution in [2.24, 2.45) is 5.92 Å². The molecular weight excluding hydrogens is 190 g/mol. The molecule has 2 atom stereocenters. The Bertz CT molecular complexity index is 315. The third kappa shape index (κ3) is 1.41. The lowest BCUT2D eigenvalue weighted by Crippen LogP contribution is -2.29. The summed E-state index contributed by atoms with van der Waals surface area (Å²) in [5.41, 5.74) is 0.511. The molecule has 2 fully saturated rings.